The van der Waals surface area contributed by atoms with Crippen molar-refractivity contribution in [1.82, 2.24) is 0 Å². The number of hydrogen-bond acceptors (Lipinski definition) is 9. The molecular weight excluding hydrogens is 657 g/mol. The fourth-order valence-electron chi connectivity index (χ4n) is 2.85. The Hall–Kier alpha value is -2.92. The SMILES string of the molecule is COc1c(O[CH2][Rf])cc([N+](=O)[O-])c(COCCCC[Si](OC)(OC)OC)c1OC. The Morgan fingerprint density at radius 3 is 2.14 bits per heavy atom. The molecule has 0 atom stereocenters. The van der Waals surface area contributed by atoms with E-state index in [4.69, 9.17) is 32.2 Å². The molecule has 0 aliphatic heterocycles. The summed E-state index contributed by atoms with van der Waals surface area (Å²) in [5.74, 6) is 0.893. The Bertz CT molecular complexity index is 650. The summed E-state index contributed by atoms with van der Waals surface area (Å²) in [5.41, 5.74) is 0.196. The molecule has 0 heterocycles. The molecule has 0 unspecified atom stereocenters. The van der Waals surface area contributed by atoms with Crippen LogP contribution in [0.1, 0.15) is 18.4 Å². The zero-order chi connectivity index (χ0) is 21.9. The van der Waals surface area contributed by atoms with Gasteiger partial charge >= 0.3 is 131 Å². The quantitative estimate of drug-likeness (QED) is 0.119. The summed E-state index contributed by atoms with van der Waals surface area (Å²) in [5, 5.41) is 11.6. The van der Waals surface area contributed by atoms with E-state index >= 15 is 0 Å². The number of nitrogens with zero attached hydrogens (tertiary/aromatic N) is 1. The van der Waals surface area contributed by atoms with Gasteiger partial charge in [-0.05, 0) is 0 Å². The fraction of sp³-hybridized carbons (Fsp3) is 0.647. The standard InChI is InChI=1S/C17H28NO9Si.Rf/c1-21-15-11-14(18(19)20)13(16(22-2)17(15)23-3)12-27-9-7-8-10-28(24-4,25-5)26-6;/h11H,1,7-10,12H2,2-6H3;. The van der Waals surface area contributed by atoms with Crippen LogP contribution in [-0.2, 0) is 24.6 Å². The molecule has 0 aliphatic carbocycles. The molecule has 161 valence electrons. The molecule has 0 N–H and O–H groups in total. The third kappa shape index (κ3) is 6.03. The Labute approximate surface area is 166 Å². The number of ether oxygens (including phenoxy) is 4. The number of nitro benzene ring substituents is 1. The van der Waals surface area contributed by atoms with Crippen LogP contribution in [0.2, 0.25) is 6.04 Å². The van der Waals surface area contributed by atoms with Crippen molar-refractivity contribution in [3.8, 4) is 17.2 Å². The number of nitro groups is 1. The van der Waals surface area contributed by atoms with Gasteiger partial charge in [0.2, 0.25) is 0 Å². The summed E-state index contributed by atoms with van der Waals surface area (Å²) in [4.78, 5) is 11.1. The zero-order valence-electron chi connectivity index (χ0n) is 17.6. The van der Waals surface area contributed by atoms with Gasteiger partial charge in [-0.2, -0.15) is 0 Å². The van der Waals surface area contributed by atoms with Gasteiger partial charge in [0.25, 0.3) is 0 Å². The second-order valence-corrected chi connectivity index (χ2v) is 10.8. The van der Waals surface area contributed by atoms with Crippen molar-refractivity contribution in [2.45, 2.75) is 25.5 Å². The predicted octanol–water partition coefficient (Wildman–Crippen LogP) is 2.67. The van der Waals surface area contributed by atoms with Gasteiger partial charge in [0.05, 0.1) is 0 Å². The predicted molar refractivity (Wildman–Crippen MR) is 102 cm³/mol. The van der Waals surface area contributed by atoms with E-state index in [-0.39, 0.29) is 18.0 Å². The molecule has 0 spiro atoms. The Balaban J connectivity index is 2.84. The van der Waals surface area contributed by atoms with E-state index in [0.29, 0.717) is 36.8 Å². The molecule has 0 amide bonds. The molecule has 29 heavy (non-hydrogen) atoms. The summed E-state index contributed by atoms with van der Waals surface area (Å²) >= 11 is 0. The molecule has 0 saturated heterocycles. The van der Waals surface area contributed by atoms with E-state index < -0.39 is 13.7 Å². The molecule has 0 radical (unpaired) electrons. The van der Waals surface area contributed by atoms with Gasteiger partial charge < -0.3 is 13.3 Å². The van der Waals surface area contributed by atoms with Crippen molar-refractivity contribution >= 4 is 14.5 Å². The summed E-state index contributed by atoms with van der Waals surface area (Å²) in [6.45, 7) is 0.425. The first-order valence-electron chi connectivity index (χ1n) is 9.01. The van der Waals surface area contributed by atoms with Gasteiger partial charge in [0, 0.05) is 21.3 Å². The molecule has 0 aliphatic rings. The molecule has 12 heteroatoms. The van der Waals surface area contributed by atoms with E-state index in [9.17, 15) is 10.1 Å². The van der Waals surface area contributed by atoms with E-state index in [0.717, 1.165) is 12.8 Å². The van der Waals surface area contributed by atoms with Gasteiger partial charge in [-0.1, -0.05) is 0 Å². The van der Waals surface area contributed by atoms with Crippen LogP contribution in [0.3, 0.4) is 0 Å². The molecule has 0 saturated carbocycles. The third-order valence-corrected chi connectivity index (χ3v) is 8.10. The molecule has 1 rings (SSSR count). The summed E-state index contributed by atoms with van der Waals surface area (Å²) in [6.07, 6.45) is 1.50. The second kappa shape index (κ2) is 11.8. The molecule has 0 fully saturated rings. The van der Waals surface area contributed by atoms with Crippen molar-refractivity contribution < 1.29 is 37.1 Å². The first-order valence-corrected chi connectivity index (χ1v) is 15.5. The number of methoxy groups -OCH3 is 2. The summed E-state index contributed by atoms with van der Waals surface area (Å²) in [7, 11) is 5.57. The van der Waals surface area contributed by atoms with Crippen LogP contribution in [0, 0.1) is 10.1 Å². The van der Waals surface area contributed by atoms with Crippen molar-refractivity contribution in [2.24, 2.45) is 0 Å². The third-order valence-electron chi connectivity index (χ3n) is 4.34. The number of rotatable bonds is 15. The van der Waals surface area contributed by atoms with Gasteiger partial charge in [-0.3, -0.25) is 0 Å². The second-order valence-electron chi connectivity index (χ2n) is 5.85. The first kappa shape index (κ1) is 24.1. The molecular formula is C17H28NO9RfSi. The zero-order valence-corrected chi connectivity index (χ0v) is 25.0. The first-order chi connectivity index (χ1) is 13.9. The van der Waals surface area contributed by atoms with Crippen LogP contribution < -0.4 is 14.2 Å². The molecule has 1 aromatic rings. The fourth-order valence-corrected chi connectivity index (χ4v) is 5.64. The molecule has 1 aromatic carbocycles. The summed E-state index contributed by atoms with van der Waals surface area (Å²) < 4.78 is 38.4. The minimum atomic E-state index is -2.60. The van der Waals surface area contributed by atoms with Crippen LogP contribution in [0.5, 0.6) is 17.2 Å². The van der Waals surface area contributed by atoms with Crippen molar-refractivity contribution in [3.63, 3.8) is 0 Å². The van der Waals surface area contributed by atoms with Crippen molar-refractivity contribution in [1.29, 1.82) is 0 Å². The maximum absolute atomic E-state index is 11.6. The molecule has 0 bridgehead atoms. The molecule has 10 nitrogen and oxygen atoms in total. The van der Waals surface area contributed by atoms with Crippen LogP contribution in [0.15, 0.2) is 6.07 Å². The van der Waals surface area contributed by atoms with Crippen molar-refractivity contribution in [3.05, 3.63) is 21.7 Å². The summed E-state index contributed by atoms with van der Waals surface area (Å²) in [6, 6.07) is 2.02. The van der Waals surface area contributed by atoms with Gasteiger partial charge in [-0.15, -0.1) is 0 Å². The van der Waals surface area contributed by atoms with Gasteiger partial charge in [0.1, 0.15) is 0 Å². The number of unbranched alkanes of at least 4 members (excludes halogenated alkanes) is 1. The monoisotopic (exact) mass is 685 g/mol. The Kier molecular flexibility index (Phi) is 9.82. The Morgan fingerprint density at radius 1 is 1.03 bits per heavy atom. The Morgan fingerprint density at radius 2 is 1.66 bits per heavy atom. The van der Waals surface area contributed by atoms with Crippen LogP contribution in [0.4, 0.5) is 5.69 Å². The number of benzene rings is 1. The average Bonchev–Trinajstić information content (AvgIpc) is 2.73. The van der Waals surface area contributed by atoms with E-state index in [1.165, 1.54) is 20.3 Å². The van der Waals surface area contributed by atoms with Crippen LogP contribution in [-0.4, -0.2) is 63.0 Å². The average molecular weight is 685 g/mol. The maximum atomic E-state index is 11.6. The minimum absolute atomic E-state index is 0.0167. The normalized spacial score (nSPS) is 11.4. The molecule has 0 aromatic heterocycles. The van der Waals surface area contributed by atoms with Gasteiger partial charge in [0.15, 0.2) is 0 Å². The van der Waals surface area contributed by atoms with Gasteiger partial charge in [-0.25, -0.2) is 0 Å². The van der Waals surface area contributed by atoms with Crippen molar-refractivity contribution in [2.75, 3.05) is 49.3 Å². The van der Waals surface area contributed by atoms with E-state index in [1.807, 2.05) is 0 Å². The number of hydrogen-bond donors (Lipinski definition) is 0. The van der Waals surface area contributed by atoms with Crippen LogP contribution >= 0.6 is 0 Å². The topological polar surface area (TPSA) is 108 Å². The van der Waals surface area contributed by atoms with Crippen LogP contribution in [0.25, 0.3) is 0 Å². The van der Waals surface area contributed by atoms with E-state index in [2.05, 4.69) is 0 Å². The van der Waals surface area contributed by atoms with E-state index in [1.54, 1.807) is 21.3 Å².